The summed E-state index contributed by atoms with van der Waals surface area (Å²) in [4.78, 5) is 27.5. The number of likely N-dealkylation sites (N-methyl/N-ethyl adjacent to an activating group) is 1. The quantitative estimate of drug-likeness (QED) is 0.804. The Morgan fingerprint density at radius 2 is 1.93 bits per heavy atom. The van der Waals surface area contributed by atoms with Gasteiger partial charge in [-0.3, -0.25) is 9.69 Å². The summed E-state index contributed by atoms with van der Waals surface area (Å²) in [6.45, 7) is 4.39. The van der Waals surface area contributed by atoms with Gasteiger partial charge in [0.25, 0.3) is 0 Å². The van der Waals surface area contributed by atoms with Gasteiger partial charge < -0.3 is 15.3 Å². The van der Waals surface area contributed by atoms with E-state index in [2.05, 4.69) is 29.6 Å². The summed E-state index contributed by atoms with van der Waals surface area (Å²) in [7, 11) is 0. The van der Waals surface area contributed by atoms with E-state index in [-0.39, 0.29) is 24.7 Å². The average molecular weight is 373 g/mol. The van der Waals surface area contributed by atoms with Gasteiger partial charge in [0.05, 0.1) is 6.54 Å². The summed E-state index contributed by atoms with van der Waals surface area (Å²) in [5, 5.41) is 12.1. The minimum atomic E-state index is -0.790. The largest absolute Gasteiger partial charge is 0.480 e. The molecule has 3 rings (SSSR count). The summed E-state index contributed by atoms with van der Waals surface area (Å²) in [5.74, 6) is -0.256. The normalized spacial score (nSPS) is 25.6. The van der Waals surface area contributed by atoms with Crippen LogP contribution in [0.25, 0.3) is 0 Å². The molecule has 1 aliphatic heterocycles. The van der Waals surface area contributed by atoms with Gasteiger partial charge in [-0.1, -0.05) is 37.3 Å². The Kier molecular flexibility index (Phi) is 6.72. The number of likely N-dealkylation sites (tertiary alicyclic amines) is 1. The number of nitrogens with one attached hydrogen (secondary N) is 1. The molecule has 6 heteroatoms. The molecule has 1 aromatic rings. The highest BCUT2D eigenvalue weighted by atomic mass is 16.4. The lowest BCUT2D eigenvalue weighted by Gasteiger charge is -2.42. The van der Waals surface area contributed by atoms with Crippen molar-refractivity contribution < 1.29 is 14.7 Å². The van der Waals surface area contributed by atoms with Gasteiger partial charge in [0.15, 0.2) is 0 Å². The smallest absolute Gasteiger partial charge is 0.317 e. The third-order valence-corrected chi connectivity index (χ3v) is 5.99. The first-order valence-electron chi connectivity index (χ1n) is 10.1. The molecule has 6 nitrogen and oxygen atoms in total. The number of rotatable bonds is 6. The van der Waals surface area contributed by atoms with Crippen LogP contribution in [0.15, 0.2) is 30.3 Å². The van der Waals surface area contributed by atoms with Gasteiger partial charge in [0.1, 0.15) is 0 Å². The number of nitrogens with zero attached hydrogens (tertiary/aromatic N) is 2. The highest BCUT2D eigenvalue weighted by molar-refractivity contribution is 5.74. The first kappa shape index (κ1) is 19.7. The molecule has 0 spiro atoms. The second-order valence-electron chi connectivity index (χ2n) is 7.75. The molecule has 2 fully saturated rings. The van der Waals surface area contributed by atoms with E-state index in [4.69, 9.17) is 5.11 Å². The molecule has 1 aliphatic carbocycles. The molecular formula is C21H31N3O3. The molecule has 1 aromatic carbocycles. The number of carboxylic acid groups (broad SMARTS) is 1. The maximum atomic E-state index is 12.6. The maximum Gasteiger partial charge on any atom is 0.317 e. The Morgan fingerprint density at radius 1 is 1.19 bits per heavy atom. The van der Waals surface area contributed by atoms with E-state index in [1.807, 2.05) is 22.8 Å². The minimum Gasteiger partial charge on any atom is -0.480 e. The second-order valence-corrected chi connectivity index (χ2v) is 7.75. The van der Waals surface area contributed by atoms with Gasteiger partial charge in [-0.05, 0) is 50.1 Å². The van der Waals surface area contributed by atoms with Gasteiger partial charge >= 0.3 is 12.0 Å². The Hall–Kier alpha value is -2.08. The average Bonchev–Trinajstić information content (AvgIpc) is 2.89. The number of amides is 2. The third kappa shape index (κ3) is 5.22. The molecule has 1 saturated heterocycles. The molecule has 0 bridgehead atoms. The van der Waals surface area contributed by atoms with E-state index < -0.39 is 5.97 Å². The zero-order valence-electron chi connectivity index (χ0n) is 16.1. The van der Waals surface area contributed by atoms with Crippen molar-refractivity contribution in [2.24, 2.45) is 0 Å². The molecule has 1 heterocycles. The van der Waals surface area contributed by atoms with Crippen LogP contribution in [0.3, 0.4) is 0 Å². The van der Waals surface area contributed by atoms with Crippen LogP contribution in [0.5, 0.6) is 0 Å². The predicted molar refractivity (Wildman–Crippen MR) is 105 cm³/mol. The third-order valence-electron chi connectivity index (χ3n) is 5.99. The number of carbonyl (C=O) groups excluding carboxylic acids is 1. The van der Waals surface area contributed by atoms with Crippen LogP contribution in [-0.2, 0) is 4.79 Å². The fourth-order valence-electron chi connectivity index (χ4n) is 4.30. The molecule has 148 valence electrons. The maximum absolute atomic E-state index is 12.6. The van der Waals surface area contributed by atoms with Gasteiger partial charge in [-0.25, -0.2) is 4.79 Å². The van der Waals surface area contributed by atoms with Crippen molar-refractivity contribution in [2.75, 3.05) is 26.2 Å². The van der Waals surface area contributed by atoms with Gasteiger partial charge in [0.2, 0.25) is 0 Å². The van der Waals surface area contributed by atoms with Crippen LogP contribution in [0.1, 0.15) is 50.5 Å². The zero-order chi connectivity index (χ0) is 19.2. The van der Waals surface area contributed by atoms with Crippen molar-refractivity contribution >= 4 is 12.0 Å². The summed E-state index contributed by atoms with van der Waals surface area (Å²) >= 11 is 0. The number of aliphatic carboxylic acids is 1. The minimum absolute atomic E-state index is 0.0356. The Morgan fingerprint density at radius 3 is 2.59 bits per heavy atom. The van der Waals surface area contributed by atoms with Crippen molar-refractivity contribution in [3.63, 3.8) is 0 Å². The molecule has 1 atom stereocenters. The molecule has 2 amide bonds. The number of hydrogen-bond donors (Lipinski definition) is 2. The summed E-state index contributed by atoms with van der Waals surface area (Å²) in [5.41, 5.74) is 1.37. The molecule has 1 saturated carbocycles. The first-order chi connectivity index (χ1) is 13.1. The predicted octanol–water partition coefficient (Wildman–Crippen LogP) is 2.90. The fraction of sp³-hybridized carbons (Fsp3) is 0.619. The second kappa shape index (κ2) is 9.22. The SMILES string of the molecule is CCN(CC(=O)O)C1CC(NC(=O)N2CCCC(c3ccccc3)CC2)C1. The topological polar surface area (TPSA) is 72.9 Å². The van der Waals surface area contributed by atoms with E-state index >= 15 is 0 Å². The van der Waals surface area contributed by atoms with E-state index in [0.29, 0.717) is 5.92 Å². The van der Waals surface area contributed by atoms with Gasteiger partial charge in [0, 0.05) is 25.2 Å². The van der Waals surface area contributed by atoms with Crippen molar-refractivity contribution in [2.45, 2.75) is 57.0 Å². The molecule has 1 unspecified atom stereocenters. The standard InChI is InChI=1S/C21H31N3O3/c1-2-23(15-20(25)26)19-13-18(14-19)22-21(27)24-11-6-9-17(10-12-24)16-7-4-3-5-8-16/h3-5,7-8,17-19H,2,6,9-15H2,1H3,(H,22,27)(H,25,26). The molecule has 0 radical (unpaired) electrons. The summed E-state index contributed by atoms with van der Waals surface area (Å²) < 4.78 is 0. The monoisotopic (exact) mass is 373 g/mol. The lowest BCUT2D eigenvalue weighted by Crippen LogP contribution is -2.56. The van der Waals surface area contributed by atoms with Crippen molar-refractivity contribution in [3.05, 3.63) is 35.9 Å². The van der Waals surface area contributed by atoms with Gasteiger partial charge in [-0.15, -0.1) is 0 Å². The number of urea groups is 1. The summed E-state index contributed by atoms with van der Waals surface area (Å²) in [6.07, 6.45) is 4.84. The van der Waals surface area contributed by atoms with Crippen molar-refractivity contribution in [1.82, 2.24) is 15.1 Å². The molecule has 0 aromatic heterocycles. The van der Waals surface area contributed by atoms with E-state index in [9.17, 15) is 9.59 Å². The fourth-order valence-corrected chi connectivity index (χ4v) is 4.30. The Labute approximate surface area is 161 Å². The van der Waals surface area contributed by atoms with Crippen molar-refractivity contribution in [3.8, 4) is 0 Å². The Bertz CT molecular complexity index is 631. The highest BCUT2D eigenvalue weighted by Crippen LogP contribution is 2.29. The number of carboxylic acids is 1. The number of benzene rings is 1. The van der Waals surface area contributed by atoms with E-state index in [1.165, 1.54) is 5.56 Å². The molecule has 2 N–H and O–H groups in total. The van der Waals surface area contributed by atoms with Crippen LogP contribution in [0.4, 0.5) is 4.79 Å². The molecule has 2 aliphatic rings. The van der Waals surface area contributed by atoms with E-state index in [0.717, 1.165) is 51.7 Å². The first-order valence-corrected chi connectivity index (χ1v) is 10.1. The zero-order valence-corrected chi connectivity index (χ0v) is 16.1. The van der Waals surface area contributed by atoms with Crippen LogP contribution in [-0.4, -0.2) is 65.2 Å². The Balaban J connectivity index is 1.44. The summed E-state index contributed by atoms with van der Waals surface area (Å²) in [6, 6.07) is 11.1. The van der Waals surface area contributed by atoms with Gasteiger partial charge in [-0.2, -0.15) is 0 Å². The number of carbonyl (C=O) groups is 2. The number of hydrogen-bond acceptors (Lipinski definition) is 3. The van der Waals surface area contributed by atoms with Crippen LogP contribution in [0.2, 0.25) is 0 Å². The van der Waals surface area contributed by atoms with E-state index in [1.54, 1.807) is 0 Å². The highest BCUT2D eigenvalue weighted by Gasteiger charge is 2.35. The van der Waals surface area contributed by atoms with Crippen molar-refractivity contribution in [1.29, 1.82) is 0 Å². The van der Waals surface area contributed by atoms with Crippen LogP contribution < -0.4 is 5.32 Å². The molecule has 27 heavy (non-hydrogen) atoms. The van der Waals surface area contributed by atoms with Crippen LogP contribution in [0, 0.1) is 0 Å². The lowest BCUT2D eigenvalue weighted by atomic mass is 9.85. The lowest BCUT2D eigenvalue weighted by molar-refractivity contribution is -0.139. The molecular weight excluding hydrogens is 342 g/mol. The van der Waals surface area contributed by atoms with Crippen LogP contribution >= 0.6 is 0 Å².